The van der Waals surface area contributed by atoms with Gasteiger partial charge in [-0.25, -0.2) is 4.79 Å². The van der Waals surface area contributed by atoms with Crippen LogP contribution in [0.15, 0.2) is 15.8 Å². The summed E-state index contributed by atoms with van der Waals surface area (Å²) >= 11 is 0. The molecule has 20 heavy (non-hydrogen) atoms. The van der Waals surface area contributed by atoms with Gasteiger partial charge in [0, 0.05) is 18.2 Å². The van der Waals surface area contributed by atoms with Gasteiger partial charge in [-0.15, -0.1) is 0 Å². The Morgan fingerprint density at radius 1 is 1.65 bits per heavy atom. The SMILES string of the molecule is Cc1cn([C@H]2C[C@H](O)[C@@H](COP(C)N)O2)c(=O)[nH]c1=O. The van der Waals surface area contributed by atoms with E-state index in [4.69, 9.17) is 14.8 Å². The molecule has 1 aromatic rings. The van der Waals surface area contributed by atoms with E-state index >= 15 is 0 Å². The Bertz CT molecular complexity index is 584. The number of nitrogens with two attached hydrogens (primary N) is 1. The van der Waals surface area contributed by atoms with Crippen molar-refractivity contribution < 1.29 is 14.4 Å². The zero-order valence-electron chi connectivity index (χ0n) is 11.3. The van der Waals surface area contributed by atoms with Crippen LogP contribution in [0.4, 0.5) is 0 Å². The minimum Gasteiger partial charge on any atom is -0.390 e. The maximum Gasteiger partial charge on any atom is 0.330 e. The molecule has 1 aliphatic heterocycles. The van der Waals surface area contributed by atoms with E-state index in [1.807, 2.05) is 0 Å². The largest absolute Gasteiger partial charge is 0.390 e. The van der Waals surface area contributed by atoms with Crippen molar-refractivity contribution in [2.24, 2.45) is 5.50 Å². The van der Waals surface area contributed by atoms with E-state index in [-0.39, 0.29) is 13.0 Å². The molecule has 1 fully saturated rings. The van der Waals surface area contributed by atoms with Crippen LogP contribution in [-0.4, -0.2) is 40.1 Å². The highest BCUT2D eigenvalue weighted by Crippen LogP contribution is 2.30. The van der Waals surface area contributed by atoms with Crippen LogP contribution in [0.5, 0.6) is 0 Å². The van der Waals surface area contributed by atoms with E-state index < -0.39 is 38.0 Å². The summed E-state index contributed by atoms with van der Waals surface area (Å²) in [7, 11) is -1.03. The van der Waals surface area contributed by atoms with Crippen LogP contribution >= 0.6 is 8.30 Å². The summed E-state index contributed by atoms with van der Waals surface area (Å²) in [6.45, 7) is 3.51. The van der Waals surface area contributed by atoms with Gasteiger partial charge in [0.25, 0.3) is 5.56 Å². The van der Waals surface area contributed by atoms with Crippen molar-refractivity contribution in [1.82, 2.24) is 9.55 Å². The Morgan fingerprint density at radius 3 is 3.00 bits per heavy atom. The maximum atomic E-state index is 11.8. The van der Waals surface area contributed by atoms with Crippen LogP contribution in [0.25, 0.3) is 0 Å². The number of aromatic nitrogens is 2. The Kier molecular flexibility index (Phi) is 4.72. The summed E-state index contributed by atoms with van der Waals surface area (Å²) < 4.78 is 12.1. The van der Waals surface area contributed by atoms with Gasteiger partial charge in [-0.3, -0.25) is 19.8 Å². The van der Waals surface area contributed by atoms with Gasteiger partial charge in [0.05, 0.1) is 21.0 Å². The zero-order chi connectivity index (χ0) is 14.9. The summed E-state index contributed by atoms with van der Waals surface area (Å²) in [5.74, 6) is 0. The average molecular weight is 303 g/mol. The minimum atomic E-state index is -1.03. The van der Waals surface area contributed by atoms with E-state index in [1.54, 1.807) is 13.6 Å². The number of hydrogen-bond acceptors (Lipinski definition) is 6. The van der Waals surface area contributed by atoms with Crippen LogP contribution in [0.2, 0.25) is 0 Å². The first-order valence-corrected chi connectivity index (χ1v) is 7.93. The highest BCUT2D eigenvalue weighted by Gasteiger charge is 2.35. The Morgan fingerprint density at radius 2 is 2.35 bits per heavy atom. The molecule has 0 spiro atoms. The van der Waals surface area contributed by atoms with Crippen molar-refractivity contribution in [3.05, 3.63) is 32.6 Å². The van der Waals surface area contributed by atoms with Crippen LogP contribution in [0, 0.1) is 6.92 Å². The molecular formula is C11H18N3O5P. The van der Waals surface area contributed by atoms with Gasteiger partial charge in [0.15, 0.2) is 0 Å². The lowest BCUT2D eigenvalue weighted by atomic mass is 10.2. The van der Waals surface area contributed by atoms with Gasteiger partial charge in [-0.05, 0) is 13.6 Å². The van der Waals surface area contributed by atoms with E-state index in [0.717, 1.165) is 0 Å². The zero-order valence-corrected chi connectivity index (χ0v) is 12.2. The average Bonchev–Trinajstić information content (AvgIpc) is 2.72. The van der Waals surface area contributed by atoms with Gasteiger partial charge >= 0.3 is 5.69 Å². The van der Waals surface area contributed by atoms with E-state index in [9.17, 15) is 14.7 Å². The monoisotopic (exact) mass is 303 g/mol. The molecule has 0 aliphatic carbocycles. The standard InChI is InChI=1S/C11H18N3O5P/c1-6-4-14(11(17)13-10(6)16)9-3-7(15)8(19-9)5-18-20(2)12/h4,7-9,15H,3,5,12H2,1-2H3,(H,13,16,17)/t7-,8+,9+,20?/m0/s1. The number of aliphatic hydroxyl groups is 1. The first kappa shape index (κ1) is 15.3. The number of aromatic amines is 1. The molecule has 112 valence electrons. The van der Waals surface area contributed by atoms with Gasteiger partial charge in [-0.1, -0.05) is 0 Å². The molecule has 0 saturated carbocycles. The quantitative estimate of drug-likeness (QED) is 0.640. The smallest absolute Gasteiger partial charge is 0.330 e. The first-order chi connectivity index (χ1) is 9.38. The second kappa shape index (κ2) is 6.15. The molecule has 1 aromatic heterocycles. The molecule has 2 rings (SSSR count). The molecule has 0 radical (unpaired) electrons. The number of hydrogen-bond donors (Lipinski definition) is 3. The molecule has 9 heteroatoms. The third-order valence-corrected chi connectivity index (χ3v) is 3.66. The number of rotatable bonds is 4. The third-order valence-electron chi connectivity index (χ3n) is 3.10. The Labute approximate surface area is 116 Å². The van der Waals surface area contributed by atoms with E-state index in [0.29, 0.717) is 5.56 Å². The van der Waals surface area contributed by atoms with Crippen LogP contribution in [0.3, 0.4) is 0 Å². The Hall–Kier alpha value is -1.05. The minimum absolute atomic E-state index is 0.174. The van der Waals surface area contributed by atoms with Crippen LogP contribution < -0.4 is 16.8 Å². The van der Waals surface area contributed by atoms with Crippen molar-refractivity contribution in [3.63, 3.8) is 0 Å². The van der Waals surface area contributed by atoms with Crippen molar-refractivity contribution in [2.75, 3.05) is 13.3 Å². The number of aryl methyl sites for hydroxylation is 1. The molecule has 8 nitrogen and oxygen atoms in total. The lowest BCUT2D eigenvalue weighted by molar-refractivity contribution is -0.0393. The summed E-state index contributed by atoms with van der Waals surface area (Å²) in [4.78, 5) is 25.3. The lowest BCUT2D eigenvalue weighted by Gasteiger charge is -2.17. The number of aliphatic hydroxyl groups excluding tert-OH is 1. The number of H-pyrrole nitrogens is 1. The summed E-state index contributed by atoms with van der Waals surface area (Å²) in [5.41, 5.74) is 4.95. The van der Waals surface area contributed by atoms with Gasteiger partial charge in [0.2, 0.25) is 0 Å². The van der Waals surface area contributed by atoms with E-state index in [2.05, 4.69) is 4.98 Å². The second-order valence-electron chi connectivity index (χ2n) is 4.75. The fourth-order valence-corrected chi connectivity index (χ4v) is 2.41. The molecule has 0 amide bonds. The molecule has 1 unspecified atom stereocenters. The first-order valence-electron chi connectivity index (χ1n) is 6.15. The maximum absolute atomic E-state index is 11.8. The van der Waals surface area contributed by atoms with Crippen LogP contribution in [-0.2, 0) is 9.26 Å². The summed E-state index contributed by atoms with van der Waals surface area (Å²) in [5, 5.41) is 9.92. The number of nitrogens with one attached hydrogen (secondary N) is 1. The van der Waals surface area contributed by atoms with Crippen LogP contribution in [0.1, 0.15) is 18.2 Å². The normalized spacial score (nSPS) is 27.7. The van der Waals surface area contributed by atoms with Crippen molar-refractivity contribution >= 4 is 8.30 Å². The number of ether oxygens (including phenoxy) is 1. The summed E-state index contributed by atoms with van der Waals surface area (Å²) in [6, 6.07) is 0. The summed E-state index contributed by atoms with van der Waals surface area (Å²) in [6.07, 6.45) is -0.215. The molecule has 0 bridgehead atoms. The predicted octanol–water partition coefficient (Wildman–Crippen LogP) is -0.590. The molecule has 2 heterocycles. The molecule has 4 N–H and O–H groups in total. The predicted molar refractivity (Wildman–Crippen MR) is 73.6 cm³/mol. The topological polar surface area (TPSA) is 120 Å². The molecule has 4 atom stereocenters. The third kappa shape index (κ3) is 3.34. The van der Waals surface area contributed by atoms with Crippen molar-refractivity contribution in [1.29, 1.82) is 0 Å². The second-order valence-corrected chi connectivity index (χ2v) is 6.10. The molecular weight excluding hydrogens is 285 g/mol. The van der Waals surface area contributed by atoms with E-state index in [1.165, 1.54) is 10.8 Å². The fourth-order valence-electron chi connectivity index (χ4n) is 2.03. The van der Waals surface area contributed by atoms with Gasteiger partial charge in [-0.2, -0.15) is 0 Å². The fraction of sp³-hybridized carbons (Fsp3) is 0.636. The molecule has 1 saturated heterocycles. The van der Waals surface area contributed by atoms with Gasteiger partial charge in [0.1, 0.15) is 12.3 Å². The molecule has 1 aliphatic rings. The highest BCUT2D eigenvalue weighted by molar-refractivity contribution is 7.49. The van der Waals surface area contributed by atoms with Crippen molar-refractivity contribution in [3.8, 4) is 0 Å². The van der Waals surface area contributed by atoms with Crippen molar-refractivity contribution in [2.45, 2.75) is 31.8 Å². The van der Waals surface area contributed by atoms with Gasteiger partial charge < -0.3 is 14.4 Å². The number of nitrogens with zero attached hydrogens (tertiary/aromatic N) is 1. The molecule has 0 aromatic carbocycles. The lowest BCUT2D eigenvalue weighted by Crippen LogP contribution is -2.33. The Balaban J connectivity index is 2.14. The highest BCUT2D eigenvalue weighted by atomic mass is 31.2.